The first-order valence-electron chi connectivity index (χ1n) is 6.20. The smallest absolute Gasteiger partial charge is 0.292 e. The number of nitro benzene ring substituents is 1. The molecule has 4 heteroatoms. The largest absolute Gasteiger partial charge is 0.377 e. The van der Waals surface area contributed by atoms with Crippen molar-refractivity contribution >= 4 is 11.4 Å². The lowest BCUT2D eigenvalue weighted by atomic mass is 10.1. The quantitative estimate of drug-likeness (QED) is 0.639. The number of anilines is 1. The Labute approximate surface area is 101 Å². The zero-order valence-electron chi connectivity index (χ0n) is 10.1. The van der Waals surface area contributed by atoms with Crippen LogP contribution in [0.15, 0.2) is 24.3 Å². The molecule has 2 unspecified atom stereocenters. The number of hydrogen-bond acceptors (Lipinski definition) is 3. The molecule has 0 saturated heterocycles. The Hall–Kier alpha value is -1.58. The van der Waals surface area contributed by atoms with E-state index in [2.05, 4.69) is 12.2 Å². The van der Waals surface area contributed by atoms with Crippen LogP contribution in [0.25, 0.3) is 0 Å². The SMILES string of the molecule is CCC1CCC(Nc2ccccc2[N+](=O)[O-])C1. The molecule has 0 amide bonds. The van der Waals surface area contributed by atoms with E-state index in [4.69, 9.17) is 0 Å². The van der Waals surface area contributed by atoms with E-state index in [1.54, 1.807) is 18.2 Å². The third-order valence-corrected chi connectivity index (χ3v) is 3.58. The van der Waals surface area contributed by atoms with E-state index in [-0.39, 0.29) is 10.6 Å². The molecule has 1 fully saturated rings. The van der Waals surface area contributed by atoms with Crippen molar-refractivity contribution in [3.63, 3.8) is 0 Å². The Morgan fingerprint density at radius 2 is 2.18 bits per heavy atom. The van der Waals surface area contributed by atoms with Gasteiger partial charge in [0.2, 0.25) is 0 Å². The van der Waals surface area contributed by atoms with Crippen LogP contribution in [0.1, 0.15) is 32.6 Å². The number of nitrogens with one attached hydrogen (secondary N) is 1. The molecule has 0 spiro atoms. The zero-order valence-corrected chi connectivity index (χ0v) is 10.1. The van der Waals surface area contributed by atoms with Gasteiger partial charge in [-0.2, -0.15) is 0 Å². The Morgan fingerprint density at radius 3 is 2.82 bits per heavy atom. The average Bonchev–Trinajstić information content (AvgIpc) is 2.77. The predicted octanol–water partition coefficient (Wildman–Crippen LogP) is 3.59. The maximum absolute atomic E-state index is 10.9. The number of nitrogens with zero attached hydrogens (tertiary/aromatic N) is 1. The van der Waals surface area contributed by atoms with Crippen LogP contribution in [0, 0.1) is 16.0 Å². The lowest BCUT2D eigenvalue weighted by molar-refractivity contribution is -0.384. The summed E-state index contributed by atoms with van der Waals surface area (Å²) in [5.74, 6) is 0.773. The molecule has 17 heavy (non-hydrogen) atoms. The average molecular weight is 234 g/mol. The number of rotatable bonds is 4. The highest BCUT2D eigenvalue weighted by atomic mass is 16.6. The molecule has 1 aliphatic carbocycles. The highest BCUT2D eigenvalue weighted by molar-refractivity contribution is 5.61. The van der Waals surface area contributed by atoms with E-state index in [9.17, 15) is 10.1 Å². The second kappa shape index (κ2) is 5.17. The fourth-order valence-electron chi connectivity index (χ4n) is 2.55. The Balaban J connectivity index is 2.06. The van der Waals surface area contributed by atoms with Crippen LogP contribution in [0.5, 0.6) is 0 Å². The van der Waals surface area contributed by atoms with Gasteiger partial charge in [-0.3, -0.25) is 10.1 Å². The van der Waals surface area contributed by atoms with Crippen molar-refractivity contribution in [1.82, 2.24) is 0 Å². The lowest BCUT2D eigenvalue weighted by Gasteiger charge is -2.14. The van der Waals surface area contributed by atoms with Gasteiger partial charge in [0.15, 0.2) is 0 Å². The van der Waals surface area contributed by atoms with E-state index in [0.717, 1.165) is 18.8 Å². The van der Waals surface area contributed by atoms with Gasteiger partial charge in [0.25, 0.3) is 5.69 Å². The maximum atomic E-state index is 10.9. The standard InChI is InChI=1S/C13H18N2O2/c1-2-10-7-8-11(9-10)14-12-5-3-4-6-13(12)15(16)17/h3-6,10-11,14H,2,7-9H2,1H3. The molecule has 0 heterocycles. The zero-order chi connectivity index (χ0) is 12.3. The Bertz CT molecular complexity index is 406. The molecule has 1 aromatic carbocycles. The second-order valence-corrected chi connectivity index (χ2v) is 4.70. The van der Waals surface area contributed by atoms with Crippen LogP contribution in [0.2, 0.25) is 0 Å². The van der Waals surface area contributed by atoms with Gasteiger partial charge in [-0.25, -0.2) is 0 Å². The van der Waals surface area contributed by atoms with Crippen molar-refractivity contribution < 1.29 is 4.92 Å². The van der Waals surface area contributed by atoms with Crippen LogP contribution in [-0.4, -0.2) is 11.0 Å². The minimum Gasteiger partial charge on any atom is -0.377 e. The molecule has 0 aromatic heterocycles. The van der Waals surface area contributed by atoms with Crippen molar-refractivity contribution in [1.29, 1.82) is 0 Å². The summed E-state index contributed by atoms with van der Waals surface area (Å²) < 4.78 is 0. The minimum atomic E-state index is -0.325. The molecule has 0 aliphatic heterocycles. The predicted molar refractivity (Wildman–Crippen MR) is 68.1 cm³/mol. The van der Waals surface area contributed by atoms with Crippen LogP contribution < -0.4 is 5.32 Å². The maximum Gasteiger partial charge on any atom is 0.292 e. The summed E-state index contributed by atoms with van der Waals surface area (Å²) in [6.45, 7) is 2.21. The number of hydrogen-bond donors (Lipinski definition) is 1. The second-order valence-electron chi connectivity index (χ2n) is 4.70. The van der Waals surface area contributed by atoms with Crippen molar-refractivity contribution in [2.24, 2.45) is 5.92 Å². The van der Waals surface area contributed by atoms with Gasteiger partial charge in [0.05, 0.1) is 4.92 Å². The van der Waals surface area contributed by atoms with Gasteiger partial charge in [-0.15, -0.1) is 0 Å². The summed E-state index contributed by atoms with van der Waals surface area (Å²) in [4.78, 5) is 10.6. The van der Waals surface area contributed by atoms with Gasteiger partial charge < -0.3 is 5.32 Å². The monoisotopic (exact) mass is 234 g/mol. The minimum absolute atomic E-state index is 0.174. The van der Waals surface area contributed by atoms with Gasteiger partial charge in [0, 0.05) is 12.1 Å². The van der Waals surface area contributed by atoms with Crippen molar-refractivity contribution in [2.45, 2.75) is 38.6 Å². The lowest BCUT2D eigenvalue weighted by Crippen LogP contribution is -2.16. The third kappa shape index (κ3) is 2.75. The van der Waals surface area contributed by atoms with Crippen LogP contribution in [0.4, 0.5) is 11.4 Å². The molecule has 2 rings (SSSR count). The first kappa shape index (κ1) is 11.9. The van der Waals surface area contributed by atoms with E-state index < -0.39 is 0 Å². The van der Waals surface area contributed by atoms with Gasteiger partial charge >= 0.3 is 0 Å². The van der Waals surface area contributed by atoms with Crippen molar-refractivity contribution in [2.75, 3.05) is 5.32 Å². The van der Waals surface area contributed by atoms with Crippen molar-refractivity contribution in [3.05, 3.63) is 34.4 Å². The highest BCUT2D eigenvalue weighted by Gasteiger charge is 2.24. The van der Waals surface area contributed by atoms with Gasteiger partial charge in [-0.05, 0) is 31.2 Å². The molecule has 1 saturated carbocycles. The first-order chi connectivity index (χ1) is 8.20. The van der Waals surface area contributed by atoms with Gasteiger partial charge in [0.1, 0.15) is 5.69 Å². The summed E-state index contributed by atoms with van der Waals surface area (Å²) in [5.41, 5.74) is 0.826. The van der Waals surface area contributed by atoms with E-state index in [1.807, 2.05) is 6.07 Å². The fourth-order valence-corrected chi connectivity index (χ4v) is 2.55. The van der Waals surface area contributed by atoms with Crippen LogP contribution in [-0.2, 0) is 0 Å². The molecule has 2 atom stereocenters. The number of nitro groups is 1. The molecule has 1 aromatic rings. The molecule has 1 aliphatic rings. The summed E-state index contributed by atoms with van der Waals surface area (Å²) in [5, 5.41) is 14.2. The molecule has 92 valence electrons. The van der Waals surface area contributed by atoms with E-state index in [1.165, 1.54) is 12.8 Å². The van der Waals surface area contributed by atoms with Crippen LogP contribution in [0.3, 0.4) is 0 Å². The molecule has 0 bridgehead atoms. The van der Waals surface area contributed by atoms with Crippen molar-refractivity contribution in [3.8, 4) is 0 Å². The Morgan fingerprint density at radius 1 is 1.41 bits per heavy atom. The van der Waals surface area contributed by atoms with E-state index in [0.29, 0.717) is 11.7 Å². The Kier molecular flexibility index (Phi) is 3.61. The normalized spacial score (nSPS) is 23.6. The number of benzene rings is 1. The van der Waals surface area contributed by atoms with Crippen LogP contribution >= 0.6 is 0 Å². The van der Waals surface area contributed by atoms with Gasteiger partial charge in [-0.1, -0.05) is 25.5 Å². The highest BCUT2D eigenvalue weighted by Crippen LogP contribution is 2.32. The third-order valence-electron chi connectivity index (χ3n) is 3.58. The molecular weight excluding hydrogens is 216 g/mol. The summed E-state index contributed by atoms with van der Waals surface area (Å²) in [6.07, 6.45) is 4.68. The molecular formula is C13H18N2O2. The molecule has 1 N–H and O–H groups in total. The summed E-state index contributed by atoms with van der Waals surface area (Å²) >= 11 is 0. The fraction of sp³-hybridized carbons (Fsp3) is 0.538. The number of para-hydroxylation sites is 2. The molecule has 4 nitrogen and oxygen atoms in total. The summed E-state index contributed by atoms with van der Waals surface area (Å²) in [6, 6.07) is 7.27. The first-order valence-corrected chi connectivity index (χ1v) is 6.20. The molecule has 0 radical (unpaired) electrons. The topological polar surface area (TPSA) is 55.2 Å². The summed E-state index contributed by atoms with van der Waals surface area (Å²) in [7, 11) is 0. The van der Waals surface area contributed by atoms with E-state index >= 15 is 0 Å².